The topological polar surface area (TPSA) is 120 Å². The average molecular weight is 547 g/mol. The Labute approximate surface area is 234 Å². The first kappa shape index (κ1) is 27.8. The first-order valence-electron chi connectivity index (χ1n) is 14.2. The number of ether oxygens (including phenoxy) is 1. The lowest BCUT2D eigenvalue weighted by atomic mass is 9.75. The minimum absolute atomic E-state index is 0.0315. The molecule has 2 N–H and O–H groups in total. The van der Waals surface area contributed by atoms with E-state index in [1.165, 1.54) is 17.9 Å². The van der Waals surface area contributed by atoms with Gasteiger partial charge in [0.1, 0.15) is 5.69 Å². The van der Waals surface area contributed by atoms with E-state index in [1.807, 2.05) is 35.9 Å². The van der Waals surface area contributed by atoms with Crippen molar-refractivity contribution >= 4 is 23.3 Å². The van der Waals surface area contributed by atoms with E-state index in [2.05, 4.69) is 26.9 Å². The molecular formula is C30H38N6O4. The van der Waals surface area contributed by atoms with Gasteiger partial charge in [-0.25, -0.2) is 4.68 Å². The Balaban J connectivity index is 1.27. The van der Waals surface area contributed by atoms with Crippen molar-refractivity contribution in [3.63, 3.8) is 0 Å². The third kappa shape index (κ3) is 5.86. The number of ketones is 1. The quantitative estimate of drug-likeness (QED) is 0.396. The van der Waals surface area contributed by atoms with Crippen molar-refractivity contribution in [3.8, 4) is 11.3 Å². The summed E-state index contributed by atoms with van der Waals surface area (Å²) in [6, 6.07) is 9.73. The molecule has 2 fully saturated rings. The maximum absolute atomic E-state index is 13.4. The fourth-order valence-corrected chi connectivity index (χ4v) is 5.99. The molecule has 0 spiro atoms. The molecule has 3 heterocycles. The standard InChI is InChI=1S/C30H38N6O4/c1-19-16-25(36(34-19)27-10-6-7-15-40-27)20-11-13-21(14-12-20)26(37)17-22-8-4-5-9-23(22)29(38)33-24-18-32-35(3)28(24)30(39)31-2/h11-14,16,18,22-23,27H,4-10,15,17H2,1-3H3,(H,31,39)(H,33,38)/t22-,23+,27?/m0/s1. The summed E-state index contributed by atoms with van der Waals surface area (Å²) >= 11 is 0. The number of rotatable bonds is 8. The van der Waals surface area contributed by atoms with Gasteiger partial charge >= 0.3 is 0 Å². The number of Topliss-reactive ketones (excluding diaryl/α,β-unsaturated/α-hetero) is 1. The molecule has 40 heavy (non-hydrogen) atoms. The summed E-state index contributed by atoms with van der Waals surface area (Å²) in [6.07, 6.45) is 8.32. The van der Waals surface area contributed by atoms with Crippen LogP contribution in [-0.2, 0) is 16.6 Å². The van der Waals surface area contributed by atoms with Crippen LogP contribution in [0.2, 0.25) is 0 Å². The Hall–Kier alpha value is -3.79. The van der Waals surface area contributed by atoms with E-state index in [1.54, 1.807) is 7.05 Å². The molecule has 3 aromatic rings. The fraction of sp³-hybridized carbons (Fsp3) is 0.500. The van der Waals surface area contributed by atoms with Crippen LogP contribution < -0.4 is 10.6 Å². The zero-order valence-corrected chi connectivity index (χ0v) is 23.5. The molecule has 10 heteroatoms. The average Bonchev–Trinajstić information content (AvgIpc) is 3.55. The van der Waals surface area contributed by atoms with Gasteiger partial charge in [-0.05, 0) is 56.6 Å². The van der Waals surface area contributed by atoms with Crippen molar-refractivity contribution in [1.29, 1.82) is 0 Å². The Morgan fingerprint density at radius 3 is 2.52 bits per heavy atom. The summed E-state index contributed by atoms with van der Waals surface area (Å²) in [4.78, 5) is 39.0. The van der Waals surface area contributed by atoms with Gasteiger partial charge in [0.05, 0.1) is 23.3 Å². The van der Waals surface area contributed by atoms with Crippen LogP contribution in [0, 0.1) is 18.8 Å². The Morgan fingerprint density at radius 1 is 1.05 bits per heavy atom. The van der Waals surface area contributed by atoms with E-state index >= 15 is 0 Å². The van der Waals surface area contributed by atoms with Crippen LogP contribution in [0.25, 0.3) is 11.3 Å². The second-order valence-electron chi connectivity index (χ2n) is 10.9. The SMILES string of the molecule is CNC(=O)c1c(NC(=O)[C@@H]2CCCC[C@H]2CC(=O)c2ccc(-c3cc(C)nn3C3CCCCO3)cc2)cnn1C. The molecule has 1 aliphatic carbocycles. The highest BCUT2D eigenvalue weighted by Gasteiger charge is 2.33. The zero-order chi connectivity index (χ0) is 28.2. The molecule has 10 nitrogen and oxygen atoms in total. The van der Waals surface area contributed by atoms with Gasteiger partial charge in [-0.2, -0.15) is 10.2 Å². The number of nitrogens with zero attached hydrogens (tertiary/aromatic N) is 4. The van der Waals surface area contributed by atoms with Crippen LogP contribution in [0.3, 0.4) is 0 Å². The van der Waals surface area contributed by atoms with Gasteiger partial charge in [0.15, 0.2) is 12.0 Å². The number of amides is 2. The molecule has 212 valence electrons. The number of hydrogen-bond donors (Lipinski definition) is 2. The van der Waals surface area contributed by atoms with Crippen molar-refractivity contribution in [2.75, 3.05) is 19.0 Å². The summed E-state index contributed by atoms with van der Waals surface area (Å²) in [5, 5.41) is 14.3. The van der Waals surface area contributed by atoms with E-state index in [0.717, 1.165) is 62.1 Å². The number of carbonyl (C=O) groups excluding carboxylic acids is 3. The smallest absolute Gasteiger partial charge is 0.271 e. The molecule has 1 saturated carbocycles. The zero-order valence-electron chi connectivity index (χ0n) is 23.5. The minimum atomic E-state index is -0.321. The van der Waals surface area contributed by atoms with Gasteiger partial charge in [-0.15, -0.1) is 0 Å². The lowest BCUT2D eigenvalue weighted by Gasteiger charge is -2.30. The minimum Gasteiger partial charge on any atom is -0.356 e. The monoisotopic (exact) mass is 546 g/mol. The van der Waals surface area contributed by atoms with Crippen molar-refractivity contribution in [2.24, 2.45) is 18.9 Å². The summed E-state index contributed by atoms with van der Waals surface area (Å²) in [6.45, 7) is 2.72. The highest BCUT2D eigenvalue weighted by atomic mass is 16.5. The molecule has 1 aliphatic heterocycles. The predicted molar refractivity (Wildman–Crippen MR) is 151 cm³/mol. The van der Waals surface area contributed by atoms with E-state index in [-0.39, 0.29) is 35.7 Å². The van der Waals surface area contributed by atoms with Crippen molar-refractivity contribution in [1.82, 2.24) is 24.9 Å². The van der Waals surface area contributed by atoms with Gasteiger partial charge in [-0.3, -0.25) is 19.1 Å². The van der Waals surface area contributed by atoms with Crippen LogP contribution in [-0.4, -0.2) is 50.8 Å². The number of hydrogen-bond acceptors (Lipinski definition) is 6. The molecule has 2 amide bonds. The van der Waals surface area contributed by atoms with Crippen LogP contribution in [0.1, 0.15) is 84.1 Å². The van der Waals surface area contributed by atoms with Crippen LogP contribution in [0.4, 0.5) is 5.69 Å². The molecule has 1 unspecified atom stereocenters. The van der Waals surface area contributed by atoms with Gasteiger partial charge in [0.2, 0.25) is 5.91 Å². The lowest BCUT2D eigenvalue weighted by Crippen LogP contribution is -2.34. The molecule has 0 radical (unpaired) electrons. The maximum Gasteiger partial charge on any atom is 0.271 e. The third-order valence-corrected chi connectivity index (χ3v) is 8.12. The second kappa shape index (κ2) is 12.2. The first-order valence-corrected chi connectivity index (χ1v) is 14.2. The molecule has 2 aromatic heterocycles. The Bertz CT molecular complexity index is 1370. The van der Waals surface area contributed by atoms with E-state index in [9.17, 15) is 14.4 Å². The number of nitrogens with one attached hydrogen (secondary N) is 2. The van der Waals surface area contributed by atoms with Crippen molar-refractivity contribution < 1.29 is 19.1 Å². The number of carbonyl (C=O) groups is 3. The largest absolute Gasteiger partial charge is 0.356 e. The number of aromatic nitrogens is 4. The maximum atomic E-state index is 13.4. The van der Waals surface area contributed by atoms with E-state index < -0.39 is 0 Å². The Kier molecular flexibility index (Phi) is 8.44. The van der Waals surface area contributed by atoms with Crippen LogP contribution in [0.15, 0.2) is 36.5 Å². The van der Waals surface area contributed by atoms with Crippen molar-refractivity contribution in [2.45, 2.75) is 64.5 Å². The lowest BCUT2D eigenvalue weighted by molar-refractivity contribution is -0.122. The second-order valence-corrected chi connectivity index (χ2v) is 10.9. The predicted octanol–water partition coefficient (Wildman–Crippen LogP) is 4.67. The molecule has 5 rings (SSSR count). The van der Waals surface area contributed by atoms with E-state index in [0.29, 0.717) is 29.8 Å². The molecule has 0 bridgehead atoms. The highest BCUT2D eigenvalue weighted by molar-refractivity contribution is 6.03. The molecule has 2 aliphatic rings. The van der Waals surface area contributed by atoms with Gasteiger partial charge < -0.3 is 15.4 Å². The molecule has 1 saturated heterocycles. The Morgan fingerprint density at radius 2 is 1.80 bits per heavy atom. The summed E-state index contributed by atoms with van der Waals surface area (Å²) in [5.74, 6) is -0.821. The van der Waals surface area contributed by atoms with E-state index in [4.69, 9.17) is 4.74 Å². The number of aryl methyl sites for hydroxylation is 2. The summed E-state index contributed by atoms with van der Waals surface area (Å²) < 4.78 is 9.37. The van der Waals surface area contributed by atoms with Gasteiger partial charge in [0, 0.05) is 38.6 Å². The number of benzene rings is 1. The molecule has 1 aromatic carbocycles. The van der Waals surface area contributed by atoms with Crippen LogP contribution in [0.5, 0.6) is 0 Å². The highest BCUT2D eigenvalue weighted by Crippen LogP contribution is 2.35. The van der Waals surface area contributed by atoms with Gasteiger partial charge in [0.25, 0.3) is 5.91 Å². The van der Waals surface area contributed by atoms with Crippen LogP contribution >= 0.6 is 0 Å². The third-order valence-electron chi connectivity index (χ3n) is 8.12. The summed E-state index contributed by atoms with van der Waals surface area (Å²) in [5.41, 5.74) is 4.22. The van der Waals surface area contributed by atoms with Crippen molar-refractivity contribution in [3.05, 3.63) is 53.5 Å². The fourth-order valence-electron chi connectivity index (χ4n) is 5.99. The van der Waals surface area contributed by atoms with Gasteiger partial charge in [-0.1, -0.05) is 37.1 Å². The normalized spacial score (nSPS) is 21.1. The summed E-state index contributed by atoms with van der Waals surface area (Å²) in [7, 11) is 3.20. The first-order chi connectivity index (χ1) is 19.4. The number of anilines is 1. The molecule has 3 atom stereocenters. The molecular weight excluding hydrogens is 508 g/mol.